The third-order valence-corrected chi connectivity index (χ3v) is 6.93. The number of aromatic nitrogens is 3. The molecule has 0 fully saturated rings. The van der Waals surface area contributed by atoms with E-state index in [0.717, 1.165) is 21.2 Å². The van der Waals surface area contributed by atoms with Gasteiger partial charge in [0.25, 0.3) is 0 Å². The number of carbonyl (C=O) groups excluding carboxylic acids is 1. The topological polar surface area (TPSA) is 84.6 Å². The average molecular weight is 447 g/mol. The van der Waals surface area contributed by atoms with Crippen LogP contribution in [0.5, 0.6) is 0 Å². The van der Waals surface area contributed by atoms with Crippen molar-refractivity contribution in [2.24, 2.45) is 0 Å². The Labute approximate surface area is 173 Å². The molecule has 0 saturated heterocycles. The van der Waals surface area contributed by atoms with Gasteiger partial charge in [-0.15, -0.1) is 0 Å². The molecule has 29 heavy (non-hydrogen) atoms. The van der Waals surface area contributed by atoms with Crippen molar-refractivity contribution in [3.8, 4) is 11.3 Å². The molecule has 2 heterocycles. The first-order valence-electron chi connectivity index (χ1n) is 9.15. The minimum absolute atomic E-state index is 0.137. The molecule has 2 aromatic carbocycles. The summed E-state index contributed by atoms with van der Waals surface area (Å²) in [6, 6.07) is 18.9. The average Bonchev–Trinajstić information content (AvgIpc) is 3.13. The zero-order valence-electron chi connectivity index (χ0n) is 15.7. The first kappa shape index (κ1) is 19.1. The van der Waals surface area contributed by atoms with Crippen LogP contribution in [0.1, 0.15) is 33.3 Å². The predicted molar refractivity (Wildman–Crippen MR) is 112 cm³/mol. The Kier molecular flexibility index (Phi) is 5.28. The standard InChI is InChI=1S/C22H18AsN3O3/c1-2-17-19(22(28)29)21-24-12-11-18(26(21)25-17)15-9-6-10-16(13-15)23-20(27)14-7-4-3-5-8-14/h3-13,23H,2H2,1H3,(H,28,29). The van der Waals surface area contributed by atoms with Gasteiger partial charge in [-0.3, -0.25) is 0 Å². The summed E-state index contributed by atoms with van der Waals surface area (Å²) in [5.74, 6) is -1.03. The van der Waals surface area contributed by atoms with Crippen LogP contribution in [0.25, 0.3) is 16.9 Å². The maximum absolute atomic E-state index is 12.6. The summed E-state index contributed by atoms with van der Waals surface area (Å²) in [5, 5.41) is 14.1. The van der Waals surface area contributed by atoms with Crippen molar-refractivity contribution in [2.75, 3.05) is 0 Å². The van der Waals surface area contributed by atoms with Crippen LogP contribution in [0.15, 0.2) is 66.9 Å². The second kappa shape index (κ2) is 8.01. The van der Waals surface area contributed by atoms with Crippen molar-refractivity contribution >= 4 is 36.3 Å². The first-order chi connectivity index (χ1) is 14.1. The van der Waals surface area contributed by atoms with Crippen molar-refractivity contribution in [1.29, 1.82) is 0 Å². The number of carboxylic acids is 1. The molecule has 4 aromatic rings. The quantitative estimate of drug-likeness (QED) is 0.460. The van der Waals surface area contributed by atoms with Gasteiger partial charge >= 0.3 is 174 Å². The second-order valence-electron chi connectivity index (χ2n) is 6.45. The number of fused-ring (bicyclic) bond motifs is 1. The molecule has 1 N–H and O–H groups in total. The number of hydrogen-bond acceptors (Lipinski definition) is 4. The fourth-order valence-electron chi connectivity index (χ4n) is 3.22. The zero-order chi connectivity index (χ0) is 20.4. The van der Waals surface area contributed by atoms with Gasteiger partial charge in [-0.1, -0.05) is 0 Å². The van der Waals surface area contributed by atoms with Gasteiger partial charge in [0, 0.05) is 0 Å². The van der Waals surface area contributed by atoms with E-state index in [2.05, 4.69) is 10.1 Å². The summed E-state index contributed by atoms with van der Waals surface area (Å²) in [7, 11) is 0. The van der Waals surface area contributed by atoms with Gasteiger partial charge in [0.15, 0.2) is 0 Å². The molecule has 0 amide bonds. The van der Waals surface area contributed by atoms with E-state index < -0.39 is 21.7 Å². The van der Waals surface area contributed by atoms with Crippen LogP contribution < -0.4 is 4.35 Å². The maximum atomic E-state index is 12.6. The summed E-state index contributed by atoms with van der Waals surface area (Å²) in [6.45, 7) is 1.87. The SMILES string of the molecule is CCc1nn2c(-c3cccc([AsH]C(=O)c4ccccc4)c3)ccnc2c1C(=O)O. The van der Waals surface area contributed by atoms with Gasteiger partial charge in [0.2, 0.25) is 0 Å². The van der Waals surface area contributed by atoms with Gasteiger partial charge in [-0.2, -0.15) is 0 Å². The second-order valence-corrected chi connectivity index (χ2v) is 9.14. The normalized spacial score (nSPS) is 11.3. The van der Waals surface area contributed by atoms with Crippen LogP contribution in [0.2, 0.25) is 0 Å². The van der Waals surface area contributed by atoms with Crippen LogP contribution in [0, 0.1) is 0 Å². The molecule has 4 rings (SSSR count). The molecule has 2 aromatic heterocycles. The molecule has 0 aliphatic rings. The molecular formula is C22H18AsN3O3. The van der Waals surface area contributed by atoms with Gasteiger partial charge in [-0.25, -0.2) is 0 Å². The van der Waals surface area contributed by atoms with Gasteiger partial charge in [-0.05, 0) is 0 Å². The Morgan fingerprint density at radius 1 is 1.07 bits per heavy atom. The summed E-state index contributed by atoms with van der Waals surface area (Å²) in [5.41, 5.74) is 3.32. The number of rotatable bonds is 6. The Hall–Kier alpha value is -3.24. The van der Waals surface area contributed by atoms with Crippen molar-refractivity contribution in [3.63, 3.8) is 0 Å². The van der Waals surface area contributed by atoms with E-state index in [1.165, 1.54) is 0 Å². The number of nitrogens with zero attached hydrogens (tertiary/aromatic N) is 3. The summed E-state index contributed by atoms with van der Waals surface area (Å²) in [6.07, 6.45) is 2.10. The molecule has 144 valence electrons. The van der Waals surface area contributed by atoms with E-state index >= 15 is 0 Å². The fraction of sp³-hybridized carbons (Fsp3) is 0.0909. The first-order valence-corrected chi connectivity index (χ1v) is 11.2. The molecule has 7 heteroatoms. The number of benzene rings is 2. The number of carboxylic acid groups (broad SMARTS) is 1. The summed E-state index contributed by atoms with van der Waals surface area (Å²) in [4.78, 5) is 28.5. The monoisotopic (exact) mass is 447 g/mol. The Morgan fingerprint density at radius 2 is 1.86 bits per heavy atom. The molecule has 1 atom stereocenters. The summed E-state index contributed by atoms with van der Waals surface area (Å²) < 4.78 is 2.76. The molecule has 0 aliphatic heterocycles. The van der Waals surface area contributed by atoms with E-state index in [-0.39, 0.29) is 10.1 Å². The number of carbonyl (C=O) groups is 2. The third-order valence-electron chi connectivity index (χ3n) is 4.59. The van der Waals surface area contributed by atoms with E-state index in [1.807, 2.05) is 67.6 Å². The van der Waals surface area contributed by atoms with Crippen molar-refractivity contribution in [1.82, 2.24) is 14.6 Å². The molecule has 0 radical (unpaired) electrons. The van der Waals surface area contributed by atoms with E-state index in [0.29, 0.717) is 17.8 Å². The predicted octanol–water partition coefficient (Wildman–Crippen LogP) is 2.56. The molecule has 0 spiro atoms. The third kappa shape index (κ3) is 3.71. The van der Waals surface area contributed by atoms with E-state index in [4.69, 9.17) is 0 Å². The molecule has 0 saturated carbocycles. The van der Waals surface area contributed by atoms with Crippen molar-refractivity contribution in [2.45, 2.75) is 13.3 Å². The summed E-state index contributed by atoms with van der Waals surface area (Å²) >= 11 is -1.02. The Bertz CT molecular complexity index is 1220. The fourth-order valence-corrected chi connectivity index (χ4v) is 5.28. The Morgan fingerprint density at radius 3 is 2.59 bits per heavy atom. The molecule has 6 nitrogen and oxygen atoms in total. The van der Waals surface area contributed by atoms with Crippen LogP contribution in [0.4, 0.5) is 0 Å². The minimum atomic E-state index is -1.03. The van der Waals surface area contributed by atoms with Crippen LogP contribution in [-0.2, 0) is 6.42 Å². The zero-order valence-corrected chi connectivity index (χ0v) is 17.8. The number of aryl methyl sites for hydroxylation is 1. The number of aromatic carboxylic acids is 1. The number of hydrogen-bond donors (Lipinski definition) is 1. The van der Waals surface area contributed by atoms with Crippen LogP contribution in [-0.4, -0.2) is 46.0 Å². The van der Waals surface area contributed by atoms with Crippen LogP contribution >= 0.6 is 0 Å². The van der Waals surface area contributed by atoms with Gasteiger partial charge < -0.3 is 0 Å². The molecule has 0 aliphatic carbocycles. The van der Waals surface area contributed by atoms with Gasteiger partial charge in [0.05, 0.1) is 0 Å². The van der Waals surface area contributed by atoms with Gasteiger partial charge in [0.1, 0.15) is 0 Å². The van der Waals surface area contributed by atoms with E-state index in [1.54, 1.807) is 10.7 Å². The van der Waals surface area contributed by atoms with Crippen molar-refractivity contribution < 1.29 is 14.7 Å². The van der Waals surface area contributed by atoms with Crippen LogP contribution in [0.3, 0.4) is 0 Å². The molecule has 1 unspecified atom stereocenters. The molecule has 0 bridgehead atoms. The molecular weight excluding hydrogens is 429 g/mol. The Balaban J connectivity index is 1.74. The van der Waals surface area contributed by atoms with E-state index in [9.17, 15) is 14.7 Å². The van der Waals surface area contributed by atoms with Crippen molar-refractivity contribution in [3.05, 3.63) is 83.7 Å².